The molecule has 1 aromatic heterocycles. The minimum absolute atomic E-state index is 0.0599. The Morgan fingerprint density at radius 2 is 2.20 bits per heavy atom. The molecule has 1 atom stereocenters. The van der Waals surface area contributed by atoms with Crippen LogP contribution in [0.2, 0.25) is 0 Å². The third-order valence-electron chi connectivity index (χ3n) is 3.85. The highest BCUT2D eigenvalue weighted by molar-refractivity contribution is 5.92. The van der Waals surface area contributed by atoms with Gasteiger partial charge in [0.05, 0.1) is 17.1 Å². The van der Waals surface area contributed by atoms with Crippen molar-refractivity contribution >= 4 is 17.6 Å². The zero-order valence-corrected chi connectivity index (χ0v) is 14.0. The van der Waals surface area contributed by atoms with E-state index in [0.717, 1.165) is 0 Å². The van der Waals surface area contributed by atoms with Crippen LogP contribution in [0.4, 0.5) is 11.6 Å². The molecule has 0 amide bonds. The van der Waals surface area contributed by atoms with Crippen LogP contribution >= 0.6 is 0 Å². The maximum absolute atomic E-state index is 12.5. The van der Waals surface area contributed by atoms with E-state index in [-0.39, 0.29) is 12.3 Å². The van der Waals surface area contributed by atoms with Crippen LogP contribution in [0.5, 0.6) is 0 Å². The number of non-ortho nitro benzene ring substituents is 1. The van der Waals surface area contributed by atoms with E-state index in [1.165, 1.54) is 12.1 Å². The second kappa shape index (κ2) is 6.34. The molecule has 0 unspecified atom stereocenters. The van der Waals surface area contributed by atoms with Gasteiger partial charge < -0.3 is 10.1 Å². The summed E-state index contributed by atoms with van der Waals surface area (Å²) in [5, 5.41) is 18.5. The first kappa shape index (κ1) is 16.6. The normalized spacial score (nSPS) is 16.2. The summed E-state index contributed by atoms with van der Waals surface area (Å²) in [6, 6.07) is 5.48. The molecule has 1 aliphatic heterocycles. The van der Waals surface area contributed by atoms with Crippen molar-refractivity contribution in [1.29, 1.82) is 0 Å². The first-order chi connectivity index (χ1) is 11.9. The lowest BCUT2D eigenvalue weighted by Crippen LogP contribution is -2.29. The van der Waals surface area contributed by atoms with Crippen molar-refractivity contribution < 1.29 is 14.5 Å². The Labute approximate surface area is 143 Å². The summed E-state index contributed by atoms with van der Waals surface area (Å²) >= 11 is 0. The number of esters is 1. The number of benzene rings is 1. The molecular weight excluding hydrogens is 326 g/mol. The number of ether oxygens (including phenoxy) is 1. The number of nitrogens with zero attached hydrogens (tertiary/aromatic N) is 4. The van der Waals surface area contributed by atoms with E-state index in [0.29, 0.717) is 28.6 Å². The molecule has 0 radical (unpaired) electrons. The van der Waals surface area contributed by atoms with Crippen molar-refractivity contribution in [2.45, 2.75) is 26.8 Å². The Morgan fingerprint density at radius 1 is 1.44 bits per heavy atom. The Kier molecular flexibility index (Phi) is 4.22. The number of aromatic nitrogens is 3. The van der Waals surface area contributed by atoms with Crippen LogP contribution in [0, 0.1) is 17.0 Å². The van der Waals surface area contributed by atoms with Crippen LogP contribution in [0.25, 0.3) is 0 Å². The molecule has 9 heteroatoms. The van der Waals surface area contributed by atoms with Gasteiger partial charge in [-0.1, -0.05) is 12.1 Å². The number of carbonyl (C=O) groups is 1. The molecule has 0 fully saturated rings. The maximum Gasteiger partial charge on any atom is 0.338 e. The average molecular weight is 343 g/mol. The molecule has 0 saturated carbocycles. The van der Waals surface area contributed by atoms with Gasteiger partial charge in [-0.15, -0.1) is 0 Å². The third-order valence-corrected chi connectivity index (χ3v) is 3.85. The second-order valence-electron chi connectivity index (χ2n) is 5.57. The fourth-order valence-electron chi connectivity index (χ4n) is 2.85. The molecule has 0 bridgehead atoms. The minimum Gasteiger partial charge on any atom is -0.463 e. The molecule has 2 heterocycles. The topological polar surface area (TPSA) is 112 Å². The first-order valence-corrected chi connectivity index (χ1v) is 7.74. The Balaban J connectivity index is 2.19. The number of aryl methyl sites for hydroxylation is 1. The number of anilines is 1. The number of carbonyl (C=O) groups excluding carboxylic acids is 1. The van der Waals surface area contributed by atoms with Gasteiger partial charge in [-0.2, -0.15) is 10.1 Å². The van der Waals surface area contributed by atoms with Crippen LogP contribution in [0.1, 0.15) is 31.3 Å². The van der Waals surface area contributed by atoms with Crippen LogP contribution in [-0.2, 0) is 9.53 Å². The zero-order chi connectivity index (χ0) is 18.1. The molecule has 2 aromatic rings. The van der Waals surface area contributed by atoms with Crippen LogP contribution in [-0.4, -0.2) is 32.3 Å². The number of nitrogens with one attached hydrogen (secondary N) is 1. The number of hydrogen-bond acceptors (Lipinski definition) is 7. The van der Waals surface area contributed by atoms with E-state index in [2.05, 4.69) is 15.4 Å². The zero-order valence-electron chi connectivity index (χ0n) is 14.0. The number of nitro benzene ring substituents is 1. The fraction of sp³-hybridized carbons (Fsp3) is 0.312. The Hall–Kier alpha value is -3.23. The van der Waals surface area contributed by atoms with Gasteiger partial charge in [0.25, 0.3) is 5.69 Å². The van der Waals surface area contributed by atoms with E-state index < -0.39 is 16.9 Å². The van der Waals surface area contributed by atoms with Gasteiger partial charge in [-0.05, 0) is 26.3 Å². The molecule has 0 saturated heterocycles. The van der Waals surface area contributed by atoms with Crippen LogP contribution in [0.3, 0.4) is 0 Å². The van der Waals surface area contributed by atoms with Gasteiger partial charge in [0.1, 0.15) is 11.9 Å². The number of nitro groups is 1. The highest BCUT2D eigenvalue weighted by atomic mass is 16.6. The lowest BCUT2D eigenvalue weighted by Gasteiger charge is -2.28. The SMILES string of the molecule is CCOC(=O)C1=C(C)Nc2nc(C)nn2[C@H]1c1cccc([N+](=O)[O-])c1. The van der Waals surface area contributed by atoms with Gasteiger partial charge in [-0.3, -0.25) is 10.1 Å². The molecule has 1 aromatic carbocycles. The van der Waals surface area contributed by atoms with E-state index in [1.54, 1.807) is 37.6 Å². The fourth-order valence-corrected chi connectivity index (χ4v) is 2.85. The van der Waals surface area contributed by atoms with Crippen molar-refractivity contribution in [1.82, 2.24) is 14.8 Å². The standard InChI is InChI=1S/C16H17N5O4/c1-4-25-15(22)13-9(2)17-16-18-10(3)19-20(16)14(13)11-6-5-7-12(8-11)21(23)24/h5-8,14H,4H2,1-3H3,(H,17,18,19)/t14-/m0/s1. The molecular formula is C16H17N5O4. The number of rotatable bonds is 4. The molecule has 130 valence electrons. The van der Waals surface area contributed by atoms with E-state index in [1.807, 2.05) is 0 Å². The largest absolute Gasteiger partial charge is 0.463 e. The van der Waals surface area contributed by atoms with Crippen molar-refractivity contribution in [3.63, 3.8) is 0 Å². The summed E-state index contributed by atoms with van der Waals surface area (Å²) in [4.78, 5) is 27.5. The molecule has 1 N–H and O–H groups in total. The highest BCUT2D eigenvalue weighted by Crippen LogP contribution is 2.36. The molecule has 1 aliphatic rings. The van der Waals surface area contributed by atoms with Crippen molar-refractivity contribution in [3.8, 4) is 0 Å². The highest BCUT2D eigenvalue weighted by Gasteiger charge is 2.35. The summed E-state index contributed by atoms with van der Waals surface area (Å²) < 4.78 is 6.72. The predicted molar refractivity (Wildman–Crippen MR) is 89.0 cm³/mol. The molecule has 3 rings (SSSR count). The van der Waals surface area contributed by atoms with E-state index in [4.69, 9.17) is 4.74 Å². The molecule has 0 spiro atoms. The number of hydrogen-bond donors (Lipinski definition) is 1. The van der Waals surface area contributed by atoms with Crippen LogP contribution in [0.15, 0.2) is 35.5 Å². The van der Waals surface area contributed by atoms with Crippen molar-refractivity contribution in [3.05, 3.63) is 57.0 Å². The summed E-state index contributed by atoms with van der Waals surface area (Å²) in [7, 11) is 0. The van der Waals surface area contributed by atoms with Gasteiger partial charge in [0.15, 0.2) is 0 Å². The van der Waals surface area contributed by atoms with Gasteiger partial charge in [-0.25, -0.2) is 9.48 Å². The van der Waals surface area contributed by atoms with E-state index in [9.17, 15) is 14.9 Å². The summed E-state index contributed by atoms with van der Waals surface area (Å²) in [5.41, 5.74) is 1.43. The lowest BCUT2D eigenvalue weighted by atomic mass is 9.95. The smallest absolute Gasteiger partial charge is 0.338 e. The number of allylic oxidation sites excluding steroid dienone is 1. The first-order valence-electron chi connectivity index (χ1n) is 7.74. The molecule has 0 aliphatic carbocycles. The van der Waals surface area contributed by atoms with E-state index >= 15 is 0 Å². The summed E-state index contributed by atoms with van der Waals surface area (Å²) in [6.07, 6.45) is 0. The second-order valence-corrected chi connectivity index (χ2v) is 5.57. The number of fused-ring (bicyclic) bond motifs is 1. The maximum atomic E-state index is 12.5. The predicted octanol–water partition coefficient (Wildman–Crippen LogP) is 2.35. The van der Waals surface area contributed by atoms with Crippen molar-refractivity contribution in [2.75, 3.05) is 11.9 Å². The molecule has 9 nitrogen and oxygen atoms in total. The molecule has 25 heavy (non-hydrogen) atoms. The lowest BCUT2D eigenvalue weighted by molar-refractivity contribution is -0.384. The van der Waals surface area contributed by atoms with Gasteiger partial charge in [0.2, 0.25) is 5.95 Å². The van der Waals surface area contributed by atoms with Crippen LogP contribution < -0.4 is 5.32 Å². The Morgan fingerprint density at radius 3 is 2.88 bits per heavy atom. The van der Waals surface area contributed by atoms with Gasteiger partial charge >= 0.3 is 5.97 Å². The average Bonchev–Trinajstić information content (AvgIpc) is 2.93. The minimum atomic E-state index is -0.656. The van der Waals surface area contributed by atoms with Crippen molar-refractivity contribution in [2.24, 2.45) is 0 Å². The quantitative estimate of drug-likeness (QED) is 0.515. The summed E-state index contributed by atoms with van der Waals surface area (Å²) in [5.74, 6) is 0.498. The monoisotopic (exact) mass is 343 g/mol. The third kappa shape index (κ3) is 2.95. The summed E-state index contributed by atoms with van der Waals surface area (Å²) in [6.45, 7) is 5.42. The Bertz CT molecular complexity index is 886. The van der Waals surface area contributed by atoms with Gasteiger partial charge in [0, 0.05) is 17.8 Å².